The van der Waals surface area contributed by atoms with E-state index >= 15 is 0 Å². The topological polar surface area (TPSA) is 69.7 Å². The van der Waals surface area contributed by atoms with Gasteiger partial charge in [0.05, 0.1) is 19.3 Å². The second-order valence-electron chi connectivity index (χ2n) is 4.52. The molecule has 0 amide bonds. The first-order valence-electron chi connectivity index (χ1n) is 6.61. The molecule has 0 aliphatic carbocycles. The lowest BCUT2D eigenvalue weighted by Gasteiger charge is -2.35. The maximum Gasteiger partial charge on any atom is 0.128 e. The third kappa shape index (κ3) is 4.24. The van der Waals surface area contributed by atoms with Crippen molar-refractivity contribution in [1.29, 1.82) is 0 Å². The monoisotopic (exact) mass is 270 g/mol. The van der Waals surface area contributed by atoms with Crippen LogP contribution in [0.15, 0.2) is 24.3 Å². The van der Waals surface area contributed by atoms with Crippen LogP contribution in [-0.4, -0.2) is 47.5 Å². The third-order valence-corrected chi connectivity index (χ3v) is 3.27. The highest BCUT2D eigenvalue weighted by molar-refractivity contribution is 5.23. The normalized spacial score (nSPS) is 14.6. The van der Waals surface area contributed by atoms with Crippen LogP contribution >= 0.6 is 0 Å². The van der Waals surface area contributed by atoms with Crippen LogP contribution in [0.1, 0.15) is 24.9 Å². The van der Waals surface area contributed by atoms with E-state index in [1.165, 1.54) is 6.07 Å². The van der Waals surface area contributed by atoms with E-state index in [2.05, 4.69) is 0 Å². The number of rotatable bonds is 8. The van der Waals surface area contributed by atoms with Crippen LogP contribution < -0.4 is 5.73 Å². The Morgan fingerprint density at radius 1 is 1.21 bits per heavy atom. The fourth-order valence-electron chi connectivity index (χ4n) is 2.28. The molecule has 4 nitrogen and oxygen atoms in total. The van der Waals surface area contributed by atoms with Crippen molar-refractivity contribution in [1.82, 2.24) is 4.90 Å². The molecule has 2 unspecified atom stereocenters. The number of hydrogen-bond donors (Lipinski definition) is 3. The summed E-state index contributed by atoms with van der Waals surface area (Å²) < 4.78 is 14.0. The number of aliphatic hydroxyl groups is 2. The van der Waals surface area contributed by atoms with Crippen molar-refractivity contribution in [2.75, 3.05) is 26.3 Å². The highest BCUT2D eigenvalue weighted by atomic mass is 19.1. The Kier molecular flexibility index (Phi) is 6.94. The molecule has 4 N–H and O–H groups in total. The van der Waals surface area contributed by atoms with Gasteiger partial charge in [0, 0.05) is 24.7 Å². The molecule has 108 valence electrons. The quantitative estimate of drug-likeness (QED) is 0.656. The van der Waals surface area contributed by atoms with Crippen molar-refractivity contribution in [3.63, 3.8) is 0 Å². The molecule has 0 aliphatic heterocycles. The highest BCUT2D eigenvalue weighted by Crippen LogP contribution is 2.26. The number of nitrogens with zero attached hydrogens (tertiary/aromatic N) is 1. The molecule has 0 spiro atoms. The minimum absolute atomic E-state index is 0.0542. The predicted molar refractivity (Wildman–Crippen MR) is 73.2 cm³/mol. The Labute approximate surface area is 113 Å². The van der Waals surface area contributed by atoms with Gasteiger partial charge in [-0.15, -0.1) is 0 Å². The summed E-state index contributed by atoms with van der Waals surface area (Å²) in [6.45, 7) is 2.54. The summed E-state index contributed by atoms with van der Waals surface area (Å²) in [6, 6.07) is 5.91. The van der Waals surface area contributed by atoms with Crippen molar-refractivity contribution in [2.45, 2.75) is 25.4 Å². The second kappa shape index (κ2) is 8.22. The maximum atomic E-state index is 14.0. The summed E-state index contributed by atoms with van der Waals surface area (Å²) in [4.78, 5) is 1.83. The van der Waals surface area contributed by atoms with Crippen LogP contribution in [0.5, 0.6) is 0 Å². The van der Waals surface area contributed by atoms with E-state index in [4.69, 9.17) is 15.9 Å². The van der Waals surface area contributed by atoms with E-state index in [1.807, 2.05) is 11.8 Å². The highest BCUT2D eigenvalue weighted by Gasteiger charge is 2.27. The first kappa shape index (κ1) is 16.0. The molecule has 1 rings (SSSR count). The average Bonchev–Trinajstić information content (AvgIpc) is 2.41. The van der Waals surface area contributed by atoms with Gasteiger partial charge in [0.1, 0.15) is 5.82 Å². The Morgan fingerprint density at radius 2 is 1.79 bits per heavy atom. The zero-order valence-corrected chi connectivity index (χ0v) is 11.3. The first-order valence-corrected chi connectivity index (χ1v) is 6.61. The molecule has 1 aromatic carbocycles. The summed E-state index contributed by atoms with van der Waals surface area (Å²) in [6.07, 6.45) is 0.687. The molecule has 5 heteroatoms. The molecular weight excluding hydrogens is 247 g/mol. The van der Waals surface area contributed by atoms with E-state index in [0.29, 0.717) is 25.1 Å². The van der Waals surface area contributed by atoms with E-state index < -0.39 is 0 Å². The van der Waals surface area contributed by atoms with Crippen molar-refractivity contribution in [3.8, 4) is 0 Å². The molecule has 19 heavy (non-hydrogen) atoms. The van der Waals surface area contributed by atoms with Gasteiger partial charge in [-0.2, -0.15) is 0 Å². The van der Waals surface area contributed by atoms with E-state index in [9.17, 15) is 4.39 Å². The lowest BCUT2D eigenvalue weighted by atomic mass is 9.95. The van der Waals surface area contributed by atoms with E-state index in [0.717, 1.165) is 0 Å². The molecule has 0 aromatic heterocycles. The first-order chi connectivity index (χ1) is 9.15. The molecule has 0 heterocycles. The third-order valence-electron chi connectivity index (χ3n) is 3.27. The molecule has 0 aliphatic rings. The molecule has 0 radical (unpaired) electrons. The maximum absolute atomic E-state index is 14.0. The van der Waals surface area contributed by atoms with Gasteiger partial charge in [-0.3, -0.25) is 4.90 Å². The SMILES string of the molecule is CCC(N)C(c1ccccc1F)N(CCO)CCO. The van der Waals surface area contributed by atoms with Gasteiger partial charge in [0.15, 0.2) is 0 Å². The largest absolute Gasteiger partial charge is 0.395 e. The molecule has 0 saturated carbocycles. The van der Waals surface area contributed by atoms with Gasteiger partial charge in [0.2, 0.25) is 0 Å². The zero-order chi connectivity index (χ0) is 14.3. The number of benzene rings is 1. The molecule has 0 saturated heterocycles. The van der Waals surface area contributed by atoms with Crippen LogP contribution in [0, 0.1) is 5.82 Å². The van der Waals surface area contributed by atoms with Gasteiger partial charge < -0.3 is 15.9 Å². The van der Waals surface area contributed by atoms with E-state index in [1.54, 1.807) is 18.2 Å². The number of halogens is 1. The fourth-order valence-corrected chi connectivity index (χ4v) is 2.28. The Morgan fingerprint density at radius 3 is 2.26 bits per heavy atom. The summed E-state index contributed by atoms with van der Waals surface area (Å²) in [5.74, 6) is -0.308. The zero-order valence-electron chi connectivity index (χ0n) is 11.3. The van der Waals surface area contributed by atoms with Crippen molar-refractivity contribution in [2.24, 2.45) is 5.73 Å². The van der Waals surface area contributed by atoms with Crippen LogP contribution in [0.3, 0.4) is 0 Å². The van der Waals surface area contributed by atoms with Crippen LogP contribution in [0.2, 0.25) is 0 Å². The molecule has 1 aromatic rings. The number of aliphatic hydroxyl groups excluding tert-OH is 2. The smallest absolute Gasteiger partial charge is 0.128 e. The van der Waals surface area contributed by atoms with Crippen LogP contribution in [-0.2, 0) is 0 Å². The van der Waals surface area contributed by atoms with E-state index in [-0.39, 0.29) is 31.1 Å². The Balaban J connectivity index is 3.08. The van der Waals surface area contributed by atoms with Crippen LogP contribution in [0.25, 0.3) is 0 Å². The Bertz CT molecular complexity index is 370. The average molecular weight is 270 g/mol. The predicted octanol–water partition coefficient (Wildman–Crippen LogP) is 0.891. The summed E-state index contributed by atoms with van der Waals surface area (Å²) >= 11 is 0. The molecule has 2 atom stereocenters. The van der Waals surface area contributed by atoms with Gasteiger partial charge >= 0.3 is 0 Å². The Hall–Kier alpha value is -1.01. The molecular formula is C14H23FN2O2. The minimum Gasteiger partial charge on any atom is -0.395 e. The summed E-state index contributed by atoms with van der Waals surface area (Å²) in [5.41, 5.74) is 6.62. The van der Waals surface area contributed by atoms with Crippen LogP contribution in [0.4, 0.5) is 4.39 Å². The van der Waals surface area contributed by atoms with Gasteiger partial charge in [-0.05, 0) is 12.5 Å². The number of hydrogen-bond acceptors (Lipinski definition) is 4. The van der Waals surface area contributed by atoms with Crippen molar-refractivity contribution < 1.29 is 14.6 Å². The van der Waals surface area contributed by atoms with Gasteiger partial charge in [0.25, 0.3) is 0 Å². The fraction of sp³-hybridized carbons (Fsp3) is 0.571. The lowest BCUT2D eigenvalue weighted by Crippen LogP contribution is -2.43. The second-order valence-corrected chi connectivity index (χ2v) is 4.52. The van der Waals surface area contributed by atoms with Crippen molar-refractivity contribution >= 4 is 0 Å². The van der Waals surface area contributed by atoms with Crippen molar-refractivity contribution in [3.05, 3.63) is 35.6 Å². The molecule has 0 fully saturated rings. The number of nitrogens with two attached hydrogens (primary N) is 1. The van der Waals surface area contributed by atoms with Gasteiger partial charge in [-0.25, -0.2) is 4.39 Å². The summed E-state index contributed by atoms with van der Waals surface area (Å²) in [5, 5.41) is 18.3. The minimum atomic E-state index is -0.342. The standard InChI is InChI=1S/C14H23FN2O2/c1-2-13(16)14(17(7-9-18)8-10-19)11-5-3-4-6-12(11)15/h3-6,13-14,18-19H,2,7-10,16H2,1H3. The molecule has 0 bridgehead atoms. The summed E-state index contributed by atoms with van der Waals surface area (Å²) in [7, 11) is 0. The van der Waals surface area contributed by atoms with Gasteiger partial charge in [-0.1, -0.05) is 25.1 Å². The lowest BCUT2D eigenvalue weighted by molar-refractivity contribution is 0.105.